The second kappa shape index (κ2) is 4.30. The smallest absolute Gasteiger partial charge is 0.0657 e. The zero-order valence-corrected chi connectivity index (χ0v) is 5.09. The summed E-state index contributed by atoms with van der Waals surface area (Å²) in [7, 11) is 0. The molecule has 46 valence electrons. The lowest BCUT2D eigenvalue weighted by Crippen LogP contribution is -1.82. The molecule has 0 saturated heterocycles. The first-order valence-electron chi connectivity index (χ1n) is 2.48. The molecule has 0 saturated carbocycles. The highest BCUT2D eigenvalue weighted by Crippen LogP contribution is 1.93. The van der Waals surface area contributed by atoms with E-state index in [-0.39, 0.29) is 0 Å². The van der Waals surface area contributed by atoms with E-state index in [1.807, 2.05) is 6.92 Å². The normalized spacial score (nSPS) is 10.1. The highest BCUT2D eigenvalue weighted by molar-refractivity contribution is 4.87. The number of nitrogens with two attached hydrogens (primary N) is 1. The Hall–Kier alpha value is -0.860. The topological polar surface area (TPSA) is 50.7 Å². The van der Waals surface area contributed by atoms with E-state index in [4.69, 9.17) is 5.84 Å². The molecule has 0 aromatic carbocycles. The minimum Gasteiger partial charge on any atom is -0.305 e. The quantitative estimate of drug-likeness (QED) is 0.255. The molecule has 0 aromatic rings. The Kier molecular flexibility index (Phi) is 3.84. The lowest BCUT2D eigenvalue weighted by Gasteiger charge is -1.88. The molecule has 0 radical (unpaired) electrons. The van der Waals surface area contributed by atoms with Crippen LogP contribution in [0.4, 0.5) is 0 Å². The standard InChI is InChI=1S/C5H11N3/c1-5(2)3-4-7-8-6/h1,3-4H2,2H3,(H2,6,7). The van der Waals surface area contributed by atoms with Crippen molar-refractivity contribution < 1.29 is 0 Å². The monoisotopic (exact) mass is 113 g/mol. The third-order valence-corrected chi connectivity index (χ3v) is 0.720. The van der Waals surface area contributed by atoms with Crippen LogP contribution in [0.3, 0.4) is 0 Å². The van der Waals surface area contributed by atoms with Gasteiger partial charge < -0.3 is 5.84 Å². The van der Waals surface area contributed by atoms with Crippen LogP contribution in [0.1, 0.15) is 13.3 Å². The van der Waals surface area contributed by atoms with Crippen LogP contribution in [0.2, 0.25) is 0 Å². The third kappa shape index (κ3) is 5.14. The first-order valence-corrected chi connectivity index (χ1v) is 2.48. The van der Waals surface area contributed by atoms with Gasteiger partial charge in [0.15, 0.2) is 0 Å². The molecule has 0 aliphatic rings. The fourth-order valence-corrected chi connectivity index (χ4v) is 0.299. The van der Waals surface area contributed by atoms with E-state index in [2.05, 4.69) is 16.9 Å². The predicted octanol–water partition coefficient (Wildman–Crippen LogP) is 1.28. The van der Waals surface area contributed by atoms with Crippen LogP contribution in [0, 0.1) is 0 Å². The average molecular weight is 113 g/mol. The van der Waals surface area contributed by atoms with Crippen molar-refractivity contribution >= 4 is 0 Å². The second-order valence-corrected chi connectivity index (χ2v) is 1.69. The van der Waals surface area contributed by atoms with Gasteiger partial charge in [-0.3, -0.25) is 0 Å². The Balaban J connectivity index is 3.05. The van der Waals surface area contributed by atoms with Crippen LogP contribution in [-0.2, 0) is 0 Å². The predicted molar refractivity (Wildman–Crippen MR) is 33.3 cm³/mol. The lowest BCUT2D eigenvalue weighted by atomic mass is 10.2. The summed E-state index contributed by atoms with van der Waals surface area (Å²) in [4.78, 5) is 0. The first kappa shape index (κ1) is 7.14. The minimum atomic E-state index is 0.659. The van der Waals surface area contributed by atoms with Gasteiger partial charge in [-0.05, 0) is 13.3 Å². The van der Waals surface area contributed by atoms with Crippen molar-refractivity contribution in [2.75, 3.05) is 6.54 Å². The number of hydrogen-bond donors (Lipinski definition) is 1. The van der Waals surface area contributed by atoms with Gasteiger partial charge in [0, 0.05) is 0 Å². The van der Waals surface area contributed by atoms with E-state index in [0.29, 0.717) is 6.54 Å². The molecule has 8 heavy (non-hydrogen) atoms. The summed E-state index contributed by atoms with van der Waals surface area (Å²) in [5, 5.41) is 6.65. The minimum absolute atomic E-state index is 0.659. The molecule has 3 nitrogen and oxygen atoms in total. The van der Waals surface area contributed by atoms with Crippen LogP contribution in [-0.4, -0.2) is 6.54 Å². The summed E-state index contributed by atoms with van der Waals surface area (Å²) in [6, 6.07) is 0. The maximum atomic E-state index is 4.74. The molecule has 3 heteroatoms. The fourth-order valence-electron chi connectivity index (χ4n) is 0.299. The Morgan fingerprint density at radius 2 is 2.38 bits per heavy atom. The molecular formula is C5H11N3. The summed E-state index contributed by atoms with van der Waals surface area (Å²) < 4.78 is 0. The van der Waals surface area contributed by atoms with E-state index in [0.717, 1.165) is 12.0 Å². The van der Waals surface area contributed by atoms with Gasteiger partial charge in [-0.25, -0.2) is 0 Å². The zero-order valence-electron chi connectivity index (χ0n) is 5.09. The third-order valence-electron chi connectivity index (χ3n) is 0.720. The maximum Gasteiger partial charge on any atom is 0.0657 e. The molecule has 0 rings (SSSR count). The van der Waals surface area contributed by atoms with Crippen molar-refractivity contribution in [1.29, 1.82) is 0 Å². The molecule has 0 heterocycles. The van der Waals surface area contributed by atoms with Crippen molar-refractivity contribution in [1.82, 2.24) is 0 Å². The summed E-state index contributed by atoms with van der Waals surface area (Å²) in [5.74, 6) is 4.74. The van der Waals surface area contributed by atoms with Gasteiger partial charge in [0.1, 0.15) is 0 Å². The van der Waals surface area contributed by atoms with Gasteiger partial charge in [0.25, 0.3) is 0 Å². The molecule has 0 atom stereocenters. The summed E-state index contributed by atoms with van der Waals surface area (Å²) in [6.45, 7) is 6.29. The molecule has 0 aliphatic carbocycles. The van der Waals surface area contributed by atoms with Gasteiger partial charge in [0.05, 0.1) is 6.54 Å². The second-order valence-electron chi connectivity index (χ2n) is 1.69. The molecule has 0 aromatic heterocycles. The maximum absolute atomic E-state index is 4.74. The Morgan fingerprint density at radius 3 is 2.75 bits per heavy atom. The van der Waals surface area contributed by atoms with E-state index in [1.54, 1.807) is 0 Å². The molecule has 0 unspecified atom stereocenters. The Bertz CT molecular complexity index is 95.8. The van der Waals surface area contributed by atoms with Crippen molar-refractivity contribution in [2.24, 2.45) is 16.2 Å². The molecule has 0 amide bonds. The molecular weight excluding hydrogens is 102 g/mol. The molecule has 0 bridgehead atoms. The number of nitrogens with zero attached hydrogens (tertiary/aromatic N) is 2. The summed E-state index contributed by atoms with van der Waals surface area (Å²) >= 11 is 0. The molecule has 0 spiro atoms. The Morgan fingerprint density at radius 1 is 1.75 bits per heavy atom. The van der Waals surface area contributed by atoms with E-state index in [9.17, 15) is 0 Å². The van der Waals surface area contributed by atoms with E-state index < -0.39 is 0 Å². The van der Waals surface area contributed by atoms with Gasteiger partial charge >= 0.3 is 0 Å². The van der Waals surface area contributed by atoms with Crippen LogP contribution in [0.15, 0.2) is 22.5 Å². The molecule has 2 N–H and O–H groups in total. The van der Waals surface area contributed by atoms with Crippen LogP contribution >= 0.6 is 0 Å². The van der Waals surface area contributed by atoms with Crippen molar-refractivity contribution in [3.8, 4) is 0 Å². The van der Waals surface area contributed by atoms with Crippen molar-refractivity contribution in [3.63, 3.8) is 0 Å². The SMILES string of the molecule is C=C(C)CCN=NN. The van der Waals surface area contributed by atoms with Gasteiger partial charge in [-0.15, -0.1) is 6.58 Å². The highest BCUT2D eigenvalue weighted by atomic mass is 15.3. The summed E-state index contributed by atoms with van der Waals surface area (Å²) in [5.41, 5.74) is 1.11. The van der Waals surface area contributed by atoms with Crippen LogP contribution < -0.4 is 5.84 Å². The number of rotatable bonds is 3. The molecule has 0 fully saturated rings. The van der Waals surface area contributed by atoms with Crippen molar-refractivity contribution in [3.05, 3.63) is 12.2 Å². The van der Waals surface area contributed by atoms with Crippen LogP contribution in [0.25, 0.3) is 0 Å². The zero-order chi connectivity index (χ0) is 6.41. The van der Waals surface area contributed by atoms with Crippen LogP contribution in [0.5, 0.6) is 0 Å². The average Bonchev–Trinajstić information content (AvgIpc) is 1.66. The van der Waals surface area contributed by atoms with Gasteiger partial charge in [-0.1, -0.05) is 10.8 Å². The summed E-state index contributed by atoms with van der Waals surface area (Å²) in [6.07, 6.45) is 0.876. The van der Waals surface area contributed by atoms with Gasteiger partial charge in [0.2, 0.25) is 0 Å². The highest BCUT2D eigenvalue weighted by Gasteiger charge is 1.81. The van der Waals surface area contributed by atoms with Gasteiger partial charge in [-0.2, -0.15) is 5.11 Å². The van der Waals surface area contributed by atoms with Crippen molar-refractivity contribution in [2.45, 2.75) is 13.3 Å². The largest absolute Gasteiger partial charge is 0.305 e. The molecule has 0 aliphatic heterocycles. The fraction of sp³-hybridized carbons (Fsp3) is 0.600. The van der Waals surface area contributed by atoms with E-state index in [1.165, 1.54) is 0 Å². The Labute approximate surface area is 49.3 Å². The van der Waals surface area contributed by atoms with E-state index >= 15 is 0 Å². The first-order chi connectivity index (χ1) is 3.77. The lowest BCUT2D eigenvalue weighted by molar-refractivity contribution is 0.854. The number of hydrogen-bond acceptors (Lipinski definition) is 2.